The third kappa shape index (κ3) is 3.67. The first-order valence-electron chi connectivity index (χ1n) is 5.70. The van der Waals surface area contributed by atoms with E-state index in [9.17, 15) is 9.90 Å². The van der Waals surface area contributed by atoms with Crippen molar-refractivity contribution in [3.05, 3.63) is 12.2 Å². The molecule has 3 nitrogen and oxygen atoms in total. The molecule has 3 atom stereocenters. The third-order valence-corrected chi connectivity index (χ3v) is 3.18. The third-order valence-electron chi connectivity index (χ3n) is 3.18. The first-order chi connectivity index (χ1) is 7.15. The van der Waals surface area contributed by atoms with E-state index in [4.69, 9.17) is 5.11 Å². The molecule has 0 saturated heterocycles. The molecular weight excluding hydrogens is 192 g/mol. The molecule has 1 aliphatic carbocycles. The van der Waals surface area contributed by atoms with Gasteiger partial charge < -0.3 is 10.2 Å². The summed E-state index contributed by atoms with van der Waals surface area (Å²) in [5.74, 6) is -0.457. The van der Waals surface area contributed by atoms with E-state index in [2.05, 4.69) is 19.1 Å². The maximum Gasteiger partial charge on any atom is 0.303 e. The van der Waals surface area contributed by atoms with Gasteiger partial charge in [0.15, 0.2) is 0 Å². The van der Waals surface area contributed by atoms with Crippen LogP contribution in [0.3, 0.4) is 0 Å². The van der Waals surface area contributed by atoms with Crippen molar-refractivity contribution in [3.8, 4) is 0 Å². The Labute approximate surface area is 90.8 Å². The van der Waals surface area contributed by atoms with E-state index in [0.717, 1.165) is 25.7 Å². The fourth-order valence-corrected chi connectivity index (χ4v) is 2.37. The zero-order valence-electron chi connectivity index (χ0n) is 9.22. The van der Waals surface area contributed by atoms with E-state index >= 15 is 0 Å². The van der Waals surface area contributed by atoms with Gasteiger partial charge >= 0.3 is 5.97 Å². The van der Waals surface area contributed by atoms with Crippen LogP contribution < -0.4 is 0 Å². The summed E-state index contributed by atoms with van der Waals surface area (Å²) in [6.45, 7) is 2.07. The van der Waals surface area contributed by atoms with Crippen molar-refractivity contribution in [2.45, 2.75) is 45.1 Å². The molecule has 0 heterocycles. The van der Waals surface area contributed by atoms with Crippen molar-refractivity contribution in [3.63, 3.8) is 0 Å². The van der Waals surface area contributed by atoms with E-state index in [-0.39, 0.29) is 24.4 Å². The zero-order chi connectivity index (χ0) is 11.3. The quantitative estimate of drug-likeness (QED) is 0.687. The van der Waals surface area contributed by atoms with E-state index < -0.39 is 5.97 Å². The van der Waals surface area contributed by atoms with Crippen LogP contribution in [-0.4, -0.2) is 22.3 Å². The summed E-state index contributed by atoms with van der Waals surface area (Å²) >= 11 is 0. The lowest BCUT2D eigenvalue weighted by atomic mass is 9.89. The van der Waals surface area contributed by atoms with Gasteiger partial charge in [0.05, 0.1) is 6.10 Å². The van der Waals surface area contributed by atoms with Crippen LogP contribution in [0.4, 0.5) is 0 Å². The average Bonchev–Trinajstić information content (AvgIpc) is 2.49. The molecule has 0 aromatic rings. The number of allylic oxidation sites excluding steroid dienone is 2. The van der Waals surface area contributed by atoms with Crippen molar-refractivity contribution in [2.75, 3.05) is 0 Å². The molecule has 1 saturated carbocycles. The molecule has 3 heteroatoms. The largest absolute Gasteiger partial charge is 0.481 e. The number of hydrogen-bond acceptors (Lipinski definition) is 2. The Kier molecular flexibility index (Phi) is 4.82. The van der Waals surface area contributed by atoms with Crippen molar-refractivity contribution in [2.24, 2.45) is 11.8 Å². The number of hydrogen-bond donors (Lipinski definition) is 2. The number of aliphatic hydroxyl groups is 1. The number of carbonyl (C=O) groups is 1. The summed E-state index contributed by atoms with van der Waals surface area (Å²) in [4.78, 5) is 10.6. The SMILES string of the molecule is CC/C=C/C[C@@H]1[C@H](CC(=O)O)CC[C@@H]1O. The van der Waals surface area contributed by atoms with E-state index in [1.54, 1.807) is 0 Å². The average molecular weight is 212 g/mol. The predicted molar refractivity (Wildman–Crippen MR) is 58.5 cm³/mol. The molecule has 1 aliphatic rings. The molecule has 0 spiro atoms. The van der Waals surface area contributed by atoms with Gasteiger partial charge in [-0.2, -0.15) is 0 Å². The van der Waals surface area contributed by atoms with Crippen molar-refractivity contribution < 1.29 is 15.0 Å². The van der Waals surface area contributed by atoms with Crippen LogP contribution in [0.5, 0.6) is 0 Å². The van der Waals surface area contributed by atoms with Gasteiger partial charge in [-0.25, -0.2) is 0 Å². The number of carboxylic acid groups (broad SMARTS) is 1. The standard InChI is InChI=1S/C12H20O3/c1-2-3-4-5-10-9(8-12(14)15)6-7-11(10)13/h3-4,9-11,13H,2,5-8H2,1H3,(H,14,15)/b4-3+/t9-,10+,11-/m0/s1. The van der Waals surface area contributed by atoms with Crippen LogP contribution in [0, 0.1) is 11.8 Å². The second kappa shape index (κ2) is 5.91. The topological polar surface area (TPSA) is 57.5 Å². The van der Waals surface area contributed by atoms with Crippen molar-refractivity contribution in [1.82, 2.24) is 0 Å². The Bertz CT molecular complexity index is 235. The molecule has 0 bridgehead atoms. The summed E-state index contributed by atoms with van der Waals surface area (Å²) in [6.07, 6.45) is 7.43. The Hall–Kier alpha value is -0.830. The van der Waals surface area contributed by atoms with Gasteiger partial charge in [-0.1, -0.05) is 19.1 Å². The molecule has 15 heavy (non-hydrogen) atoms. The highest BCUT2D eigenvalue weighted by molar-refractivity contribution is 5.67. The Morgan fingerprint density at radius 3 is 2.73 bits per heavy atom. The molecule has 1 fully saturated rings. The molecule has 2 N–H and O–H groups in total. The Morgan fingerprint density at radius 1 is 1.40 bits per heavy atom. The summed E-state index contributed by atoms with van der Waals surface area (Å²) in [7, 11) is 0. The van der Waals surface area contributed by atoms with Crippen LogP contribution >= 0.6 is 0 Å². The minimum Gasteiger partial charge on any atom is -0.481 e. The maximum atomic E-state index is 10.6. The second-order valence-electron chi connectivity index (χ2n) is 4.28. The first-order valence-corrected chi connectivity index (χ1v) is 5.70. The van der Waals surface area contributed by atoms with Crippen molar-refractivity contribution in [1.29, 1.82) is 0 Å². The van der Waals surface area contributed by atoms with Gasteiger partial charge in [0.1, 0.15) is 0 Å². The van der Waals surface area contributed by atoms with E-state index in [0.29, 0.717) is 0 Å². The molecule has 0 aromatic heterocycles. The Balaban J connectivity index is 2.48. The van der Waals surface area contributed by atoms with Crippen LogP contribution in [0.2, 0.25) is 0 Å². The smallest absolute Gasteiger partial charge is 0.303 e. The van der Waals surface area contributed by atoms with E-state index in [1.165, 1.54) is 0 Å². The van der Waals surface area contributed by atoms with Gasteiger partial charge in [0.2, 0.25) is 0 Å². The molecule has 0 unspecified atom stereocenters. The molecule has 0 amide bonds. The Morgan fingerprint density at radius 2 is 2.13 bits per heavy atom. The molecule has 0 aromatic carbocycles. The minimum atomic E-state index is -0.751. The lowest BCUT2D eigenvalue weighted by Gasteiger charge is -2.18. The fraction of sp³-hybridized carbons (Fsp3) is 0.750. The molecule has 86 valence electrons. The van der Waals surface area contributed by atoms with Crippen LogP contribution in [0.15, 0.2) is 12.2 Å². The monoisotopic (exact) mass is 212 g/mol. The lowest BCUT2D eigenvalue weighted by Crippen LogP contribution is -2.20. The highest BCUT2D eigenvalue weighted by atomic mass is 16.4. The predicted octanol–water partition coefficient (Wildman–Crippen LogP) is 2.20. The van der Waals surface area contributed by atoms with Crippen LogP contribution in [-0.2, 0) is 4.79 Å². The van der Waals surface area contributed by atoms with Crippen molar-refractivity contribution >= 4 is 5.97 Å². The summed E-state index contributed by atoms with van der Waals surface area (Å²) in [5.41, 5.74) is 0. The molecule has 0 aliphatic heterocycles. The molecule has 0 radical (unpaired) electrons. The van der Waals surface area contributed by atoms with Gasteiger partial charge in [-0.15, -0.1) is 0 Å². The number of aliphatic carboxylic acids is 1. The van der Waals surface area contributed by atoms with Gasteiger partial charge in [0.25, 0.3) is 0 Å². The second-order valence-corrected chi connectivity index (χ2v) is 4.28. The lowest BCUT2D eigenvalue weighted by molar-refractivity contribution is -0.138. The fourth-order valence-electron chi connectivity index (χ4n) is 2.37. The van der Waals surface area contributed by atoms with Crippen LogP contribution in [0.25, 0.3) is 0 Å². The molecular formula is C12H20O3. The van der Waals surface area contributed by atoms with Gasteiger partial charge in [0, 0.05) is 6.42 Å². The molecule has 1 rings (SSSR count). The van der Waals surface area contributed by atoms with Gasteiger partial charge in [-0.3, -0.25) is 4.79 Å². The first kappa shape index (κ1) is 12.2. The van der Waals surface area contributed by atoms with Gasteiger partial charge in [-0.05, 0) is 37.5 Å². The van der Waals surface area contributed by atoms with Crippen LogP contribution in [0.1, 0.15) is 39.0 Å². The number of rotatable bonds is 5. The summed E-state index contributed by atoms with van der Waals surface area (Å²) in [5, 5.41) is 18.5. The summed E-state index contributed by atoms with van der Waals surface area (Å²) in [6, 6.07) is 0. The normalized spacial score (nSPS) is 31.2. The number of aliphatic hydroxyl groups excluding tert-OH is 1. The highest BCUT2D eigenvalue weighted by Crippen LogP contribution is 2.36. The minimum absolute atomic E-state index is 0.142. The van der Waals surface area contributed by atoms with E-state index in [1.807, 2.05) is 0 Å². The summed E-state index contributed by atoms with van der Waals surface area (Å²) < 4.78 is 0. The highest BCUT2D eigenvalue weighted by Gasteiger charge is 2.34. The number of carboxylic acids is 1. The zero-order valence-corrected chi connectivity index (χ0v) is 9.22. The maximum absolute atomic E-state index is 10.6.